The van der Waals surface area contributed by atoms with Crippen LogP contribution in [0.25, 0.3) is 0 Å². The van der Waals surface area contributed by atoms with E-state index < -0.39 is 11.9 Å². The highest BCUT2D eigenvalue weighted by Crippen LogP contribution is 2.23. The molecule has 0 aliphatic heterocycles. The minimum atomic E-state index is -0.656. The van der Waals surface area contributed by atoms with Crippen molar-refractivity contribution in [3.8, 4) is 5.75 Å². The third kappa shape index (κ3) is 4.34. The van der Waals surface area contributed by atoms with Gasteiger partial charge >= 0.3 is 0 Å². The zero-order chi connectivity index (χ0) is 15.4. The first-order chi connectivity index (χ1) is 9.99. The Morgan fingerprint density at radius 1 is 1.14 bits per heavy atom. The smallest absolute Gasteiger partial charge is 0.165 e. The van der Waals surface area contributed by atoms with Gasteiger partial charge in [0, 0.05) is 16.5 Å². The van der Waals surface area contributed by atoms with Gasteiger partial charge in [-0.3, -0.25) is 0 Å². The Balaban J connectivity index is 2.04. The number of benzene rings is 2. The molecule has 0 aliphatic carbocycles. The lowest BCUT2D eigenvalue weighted by Gasteiger charge is -2.13. The molecule has 0 radical (unpaired) electrons. The van der Waals surface area contributed by atoms with E-state index in [4.69, 9.17) is 27.9 Å². The number of methoxy groups -OCH3 is 1. The number of rotatable bonds is 5. The van der Waals surface area contributed by atoms with E-state index in [-0.39, 0.29) is 5.75 Å². The maximum Gasteiger partial charge on any atom is 0.165 e. The summed E-state index contributed by atoms with van der Waals surface area (Å²) in [4.78, 5) is 0. The molecule has 5 heteroatoms. The second kappa shape index (κ2) is 7.12. The summed E-state index contributed by atoms with van der Waals surface area (Å²) in [7, 11) is 1.41. The number of halogens is 3. The van der Waals surface area contributed by atoms with E-state index in [2.05, 4.69) is 0 Å². The number of hydrogen-bond donors (Lipinski definition) is 1. The largest absolute Gasteiger partial charge is 0.494 e. The van der Waals surface area contributed by atoms with Gasteiger partial charge in [0.05, 0.1) is 13.2 Å². The summed E-state index contributed by atoms with van der Waals surface area (Å²) in [6.07, 6.45) is 0.0558. The molecule has 0 saturated carbocycles. The Hall–Kier alpha value is -1.29. The molecule has 0 heterocycles. The zero-order valence-electron chi connectivity index (χ0n) is 11.4. The lowest BCUT2D eigenvalue weighted by molar-refractivity contribution is 0.175. The Bertz CT molecular complexity index is 632. The molecule has 0 saturated heterocycles. The molecule has 1 atom stereocenters. The van der Waals surface area contributed by atoms with Crippen LogP contribution in [0.1, 0.15) is 11.1 Å². The maximum absolute atomic E-state index is 13.6. The molecular weight excluding hydrogens is 314 g/mol. The predicted octanol–water partition coefficient (Wildman–Crippen LogP) is 4.29. The van der Waals surface area contributed by atoms with Crippen molar-refractivity contribution in [1.29, 1.82) is 0 Å². The molecule has 0 spiro atoms. The predicted molar refractivity (Wildman–Crippen MR) is 82.8 cm³/mol. The quantitative estimate of drug-likeness (QED) is 0.887. The van der Waals surface area contributed by atoms with Gasteiger partial charge in [-0.2, -0.15) is 0 Å². The molecule has 2 rings (SSSR count). The molecule has 0 amide bonds. The van der Waals surface area contributed by atoms with Crippen molar-refractivity contribution >= 4 is 23.2 Å². The van der Waals surface area contributed by atoms with E-state index in [1.54, 1.807) is 30.3 Å². The maximum atomic E-state index is 13.6. The normalized spacial score (nSPS) is 12.2. The van der Waals surface area contributed by atoms with Gasteiger partial charge in [-0.05, 0) is 41.8 Å². The topological polar surface area (TPSA) is 29.5 Å². The lowest BCUT2D eigenvalue weighted by Crippen LogP contribution is -2.14. The van der Waals surface area contributed by atoms with Crippen molar-refractivity contribution in [2.24, 2.45) is 0 Å². The fraction of sp³-hybridized carbons (Fsp3) is 0.250. The van der Waals surface area contributed by atoms with Crippen LogP contribution in [0.2, 0.25) is 10.0 Å². The van der Waals surface area contributed by atoms with Gasteiger partial charge in [0.25, 0.3) is 0 Å². The molecule has 0 fully saturated rings. The highest BCUT2D eigenvalue weighted by molar-refractivity contribution is 6.35. The minimum Gasteiger partial charge on any atom is -0.494 e. The third-order valence-corrected chi connectivity index (χ3v) is 3.75. The molecule has 21 heavy (non-hydrogen) atoms. The molecular formula is C16H15Cl2FO2. The van der Waals surface area contributed by atoms with Gasteiger partial charge in [0.2, 0.25) is 0 Å². The van der Waals surface area contributed by atoms with Crippen molar-refractivity contribution in [3.63, 3.8) is 0 Å². The van der Waals surface area contributed by atoms with Crippen molar-refractivity contribution in [2.45, 2.75) is 18.9 Å². The van der Waals surface area contributed by atoms with E-state index in [9.17, 15) is 9.50 Å². The molecule has 1 unspecified atom stereocenters. The molecule has 0 aliphatic rings. The number of aliphatic hydroxyl groups excluding tert-OH is 1. The van der Waals surface area contributed by atoms with Gasteiger partial charge in [0.15, 0.2) is 11.6 Å². The molecule has 2 aromatic carbocycles. The third-order valence-electron chi connectivity index (χ3n) is 3.16. The molecule has 112 valence electrons. The van der Waals surface area contributed by atoms with E-state index in [1.807, 2.05) is 0 Å². The number of hydrogen-bond acceptors (Lipinski definition) is 2. The monoisotopic (exact) mass is 328 g/mol. The minimum absolute atomic E-state index is 0.189. The van der Waals surface area contributed by atoms with Crippen LogP contribution in [-0.4, -0.2) is 18.3 Å². The molecule has 1 N–H and O–H groups in total. The first-order valence-corrected chi connectivity index (χ1v) is 7.19. The average Bonchev–Trinajstić information content (AvgIpc) is 2.42. The van der Waals surface area contributed by atoms with Crippen LogP contribution in [-0.2, 0) is 12.8 Å². The first-order valence-electron chi connectivity index (χ1n) is 6.44. The van der Waals surface area contributed by atoms with E-state index in [0.29, 0.717) is 28.5 Å². The zero-order valence-corrected chi connectivity index (χ0v) is 13.0. The Labute approximate surface area is 133 Å². The lowest BCUT2D eigenvalue weighted by atomic mass is 10.0. The molecule has 0 aromatic heterocycles. The molecule has 2 nitrogen and oxygen atoms in total. The van der Waals surface area contributed by atoms with Crippen LogP contribution in [0, 0.1) is 5.82 Å². The van der Waals surface area contributed by atoms with Gasteiger partial charge < -0.3 is 9.84 Å². The van der Waals surface area contributed by atoms with E-state index in [0.717, 1.165) is 5.56 Å². The standard InChI is InChI=1S/C16H15Cl2FO2/c1-21-16-5-2-10(7-15(16)19)6-13(20)8-11-3-4-12(17)9-14(11)18/h2-5,7,9,13,20H,6,8H2,1H3. The summed E-state index contributed by atoms with van der Waals surface area (Å²) in [6, 6.07) is 9.79. The van der Waals surface area contributed by atoms with Crippen molar-refractivity contribution in [2.75, 3.05) is 7.11 Å². The highest BCUT2D eigenvalue weighted by Gasteiger charge is 2.12. The van der Waals surface area contributed by atoms with Crippen LogP contribution < -0.4 is 4.74 Å². The molecule has 2 aromatic rings. The fourth-order valence-electron chi connectivity index (χ4n) is 2.12. The Kier molecular flexibility index (Phi) is 5.45. The van der Waals surface area contributed by atoms with Crippen LogP contribution in [0.3, 0.4) is 0 Å². The Morgan fingerprint density at radius 3 is 2.52 bits per heavy atom. The average molecular weight is 329 g/mol. The molecule has 0 bridgehead atoms. The summed E-state index contributed by atoms with van der Waals surface area (Å²) in [5.41, 5.74) is 1.51. The Morgan fingerprint density at radius 2 is 1.90 bits per heavy atom. The van der Waals surface area contributed by atoms with E-state index in [1.165, 1.54) is 13.2 Å². The number of ether oxygens (including phenoxy) is 1. The van der Waals surface area contributed by atoms with Crippen LogP contribution in [0.5, 0.6) is 5.75 Å². The van der Waals surface area contributed by atoms with Gasteiger partial charge in [-0.15, -0.1) is 0 Å². The summed E-state index contributed by atoms with van der Waals surface area (Å²) in [6.45, 7) is 0. The van der Waals surface area contributed by atoms with Gasteiger partial charge in [0.1, 0.15) is 0 Å². The summed E-state index contributed by atoms with van der Waals surface area (Å²) in [5, 5.41) is 11.2. The van der Waals surface area contributed by atoms with Crippen LogP contribution in [0.15, 0.2) is 36.4 Å². The summed E-state index contributed by atoms with van der Waals surface area (Å²) >= 11 is 11.9. The van der Waals surface area contributed by atoms with Crippen molar-refractivity contribution < 1.29 is 14.2 Å². The van der Waals surface area contributed by atoms with Crippen LogP contribution >= 0.6 is 23.2 Å². The van der Waals surface area contributed by atoms with Crippen LogP contribution in [0.4, 0.5) is 4.39 Å². The van der Waals surface area contributed by atoms with Gasteiger partial charge in [-0.25, -0.2) is 4.39 Å². The fourth-order valence-corrected chi connectivity index (χ4v) is 2.61. The highest BCUT2D eigenvalue weighted by atomic mass is 35.5. The SMILES string of the molecule is COc1ccc(CC(O)Cc2ccc(Cl)cc2Cl)cc1F. The van der Waals surface area contributed by atoms with E-state index >= 15 is 0 Å². The van der Waals surface area contributed by atoms with Crippen molar-refractivity contribution in [1.82, 2.24) is 0 Å². The number of aliphatic hydroxyl groups is 1. The first kappa shape index (κ1) is 16.1. The van der Waals surface area contributed by atoms with Crippen molar-refractivity contribution in [3.05, 3.63) is 63.4 Å². The second-order valence-corrected chi connectivity index (χ2v) is 5.61. The van der Waals surface area contributed by atoms with Gasteiger partial charge in [-0.1, -0.05) is 35.3 Å². The second-order valence-electron chi connectivity index (χ2n) is 4.77. The summed E-state index contributed by atoms with van der Waals surface area (Å²) < 4.78 is 18.5. The summed E-state index contributed by atoms with van der Waals surface area (Å²) in [5.74, 6) is -0.249.